The molecule has 0 atom stereocenters. The second-order valence-corrected chi connectivity index (χ2v) is 15.3. The van der Waals surface area contributed by atoms with Crippen LogP contribution in [0.5, 0.6) is 0 Å². The van der Waals surface area contributed by atoms with Gasteiger partial charge in [-0.15, -0.1) is 0 Å². The highest BCUT2D eigenvalue weighted by atomic mass is 15.0. The van der Waals surface area contributed by atoms with Crippen LogP contribution in [0.1, 0.15) is 126 Å². The smallest absolute Gasteiger partial charge is 0.112 e. The molecule has 0 saturated heterocycles. The number of para-hydroxylation sites is 2. The number of nitrogens with zero attached hydrogens (tertiary/aromatic N) is 1. The number of amidine groups is 1. The van der Waals surface area contributed by atoms with Crippen LogP contribution in [0.4, 0.5) is 11.4 Å². The van der Waals surface area contributed by atoms with E-state index in [1.54, 1.807) is 0 Å². The maximum absolute atomic E-state index is 5.51. The van der Waals surface area contributed by atoms with Gasteiger partial charge in [-0.1, -0.05) is 140 Å². The van der Waals surface area contributed by atoms with Crippen LogP contribution in [-0.4, -0.2) is 5.84 Å². The SMILES string of the molecule is CC(C)(C)C(=Nc1c(C(C)(C)C)cccc1C(C)(C)C)Nc1c(C(C)(C)C)cccc1C(C)(C)C. The molecule has 0 saturated carbocycles. The molecule has 2 aromatic carbocycles. The average Bonchev–Trinajstić information content (AvgIpc) is 2.63. The molecule has 0 unspecified atom stereocenters. The molecule has 0 amide bonds. The summed E-state index contributed by atoms with van der Waals surface area (Å²) in [5.41, 5.74) is 7.35. The monoisotopic (exact) mass is 476 g/mol. The topological polar surface area (TPSA) is 24.4 Å². The Balaban J connectivity index is 2.93. The van der Waals surface area contributed by atoms with Crippen LogP contribution in [0.2, 0.25) is 0 Å². The maximum Gasteiger partial charge on any atom is 0.112 e. The van der Waals surface area contributed by atoms with Crippen molar-refractivity contribution < 1.29 is 0 Å². The molecule has 0 bridgehead atoms. The van der Waals surface area contributed by atoms with E-state index in [1.165, 1.54) is 27.9 Å². The zero-order valence-corrected chi connectivity index (χ0v) is 25.4. The molecule has 0 aliphatic carbocycles. The molecule has 0 spiro atoms. The first-order chi connectivity index (χ1) is 15.5. The van der Waals surface area contributed by atoms with E-state index in [0.29, 0.717) is 0 Å². The number of hydrogen-bond donors (Lipinski definition) is 1. The molecule has 0 aliphatic heterocycles. The Morgan fingerprint density at radius 1 is 0.514 bits per heavy atom. The predicted molar refractivity (Wildman–Crippen MR) is 158 cm³/mol. The van der Waals surface area contributed by atoms with Crippen molar-refractivity contribution >= 4 is 17.2 Å². The normalized spacial score (nSPS) is 14.3. The van der Waals surface area contributed by atoms with Crippen LogP contribution in [-0.2, 0) is 21.7 Å². The van der Waals surface area contributed by atoms with Gasteiger partial charge in [-0.3, -0.25) is 0 Å². The highest BCUT2D eigenvalue weighted by Crippen LogP contribution is 2.42. The summed E-state index contributed by atoms with van der Waals surface area (Å²) < 4.78 is 0. The third kappa shape index (κ3) is 6.99. The summed E-state index contributed by atoms with van der Waals surface area (Å²) in [6, 6.07) is 13.4. The molecule has 2 heteroatoms. The summed E-state index contributed by atoms with van der Waals surface area (Å²) in [6.07, 6.45) is 0. The summed E-state index contributed by atoms with van der Waals surface area (Å²) in [6.45, 7) is 34.2. The van der Waals surface area contributed by atoms with Crippen LogP contribution in [0.3, 0.4) is 0 Å². The highest BCUT2D eigenvalue weighted by molar-refractivity contribution is 6.02. The summed E-state index contributed by atoms with van der Waals surface area (Å²) in [5, 5.41) is 3.93. The van der Waals surface area contributed by atoms with Crippen molar-refractivity contribution in [1.29, 1.82) is 0 Å². The zero-order valence-electron chi connectivity index (χ0n) is 25.4. The summed E-state index contributed by atoms with van der Waals surface area (Å²) in [7, 11) is 0. The van der Waals surface area contributed by atoms with E-state index in [4.69, 9.17) is 4.99 Å². The first kappa shape index (κ1) is 29.1. The van der Waals surface area contributed by atoms with E-state index >= 15 is 0 Å². The van der Waals surface area contributed by atoms with Crippen LogP contribution in [0, 0.1) is 5.41 Å². The first-order valence-electron chi connectivity index (χ1n) is 13.2. The lowest BCUT2D eigenvalue weighted by molar-refractivity contribution is 0.564. The number of nitrogens with one attached hydrogen (secondary N) is 1. The van der Waals surface area contributed by atoms with E-state index in [-0.39, 0.29) is 27.1 Å². The van der Waals surface area contributed by atoms with Crippen molar-refractivity contribution in [3.05, 3.63) is 58.7 Å². The first-order valence-corrected chi connectivity index (χ1v) is 13.2. The van der Waals surface area contributed by atoms with E-state index < -0.39 is 0 Å². The molecule has 1 N–H and O–H groups in total. The number of hydrogen-bond acceptors (Lipinski definition) is 1. The molecule has 0 fully saturated rings. The fourth-order valence-corrected chi connectivity index (χ4v) is 4.42. The minimum absolute atomic E-state index is 0.00642. The highest BCUT2D eigenvalue weighted by Gasteiger charge is 2.31. The van der Waals surface area contributed by atoms with Gasteiger partial charge in [-0.2, -0.15) is 0 Å². The van der Waals surface area contributed by atoms with Gasteiger partial charge < -0.3 is 5.32 Å². The van der Waals surface area contributed by atoms with E-state index in [0.717, 1.165) is 11.5 Å². The standard InChI is InChI=1S/C33H52N2/c1-29(2,3)22-18-16-19-23(30(4,5)6)26(22)34-28(33(13,14)15)35-27-24(31(7,8)9)20-17-21-25(27)32(10,11)12/h16-21H,1-15H3,(H,34,35). The van der Waals surface area contributed by atoms with Gasteiger partial charge in [0.2, 0.25) is 0 Å². The van der Waals surface area contributed by atoms with Gasteiger partial charge in [0.15, 0.2) is 0 Å². The average molecular weight is 477 g/mol. The summed E-state index contributed by atoms with van der Waals surface area (Å²) in [4.78, 5) is 5.51. The number of benzene rings is 2. The Kier molecular flexibility index (Phi) is 7.84. The Morgan fingerprint density at radius 2 is 0.829 bits per heavy atom. The number of anilines is 1. The van der Waals surface area contributed by atoms with Crippen LogP contribution in [0.25, 0.3) is 0 Å². The van der Waals surface area contributed by atoms with Crippen molar-refractivity contribution in [2.45, 2.75) is 126 Å². The molecule has 0 aromatic heterocycles. The molecule has 0 heterocycles. The predicted octanol–water partition coefficient (Wildman–Crippen LogP) is 10.1. The molecular weight excluding hydrogens is 424 g/mol. The van der Waals surface area contributed by atoms with Gasteiger partial charge >= 0.3 is 0 Å². The van der Waals surface area contributed by atoms with E-state index in [9.17, 15) is 0 Å². The van der Waals surface area contributed by atoms with Gasteiger partial charge in [0.05, 0.1) is 5.69 Å². The largest absolute Gasteiger partial charge is 0.343 e. The van der Waals surface area contributed by atoms with Crippen molar-refractivity contribution in [2.75, 3.05) is 5.32 Å². The van der Waals surface area contributed by atoms with Crippen molar-refractivity contribution in [1.82, 2.24) is 0 Å². The minimum atomic E-state index is -0.166. The fourth-order valence-electron chi connectivity index (χ4n) is 4.42. The van der Waals surface area contributed by atoms with Crippen LogP contribution < -0.4 is 5.32 Å². The van der Waals surface area contributed by atoms with Gasteiger partial charge in [-0.05, 0) is 43.9 Å². The fraction of sp³-hybridized carbons (Fsp3) is 0.606. The third-order valence-corrected chi connectivity index (χ3v) is 6.51. The molecule has 0 aliphatic rings. The molecule has 2 rings (SSSR count). The third-order valence-electron chi connectivity index (χ3n) is 6.51. The lowest BCUT2D eigenvalue weighted by Crippen LogP contribution is -2.32. The summed E-state index contributed by atoms with van der Waals surface area (Å²) in [5.74, 6) is 1.00. The van der Waals surface area contributed by atoms with Crippen LogP contribution in [0.15, 0.2) is 41.4 Å². The molecule has 0 radical (unpaired) electrons. The van der Waals surface area contributed by atoms with E-state index in [1.807, 2.05) is 0 Å². The second kappa shape index (κ2) is 9.41. The maximum atomic E-state index is 5.51. The van der Waals surface area contributed by atoms with E-state index in [2.05, 4.69) is 146 Å². The van der Waals surface area contributed by atoms with Gasteiger partial charge in [0, 0.05) is 11.1 Å². The van der Waals surface area contributed by atoms with Crippen molar-refractivity contribution in [3.8, 4) is 0 Å². The minimum Gasteiger partial charge on any atom is -0.343 e. The van der Waals surface area contributed by atoms with Gasteiger partial charge in [0.25, 0.3) is 0 Å². The Labute approximate surface area is 217 Å². The second-order valence-electron chi connectivity index (χ2n) is 15.3. The van der Waals surface area contributed by atoms with Gasteiger partial charge in [-0.25, -0.2) is 4.99 Å². The van der Waals surface area contributed by atoms with Gasteiger partial charge in [0.1, 0.15) is 5.84 Å². The number of rotatable bonds is 2. The van der Waals surface area contributed by atoms with Crippen molar-refractivity contribution in [2.24, 2.45) is 10.4 Å². The Bertz CT molecular complexity index is 1000. The molecular formula is C33H52N2. The molecule has 35 heavy (non-hydrogen) atoms. The zero-order chi connectivity index (χ0) is 27.2. The number of aliphatic imine (C=N–C) groups is 1. The molecule has 2 aromatic rings. The lowest BCUT2D eigenvalue weighted by Gasteiger charge is -2.34. The van der Waals surface area contributed by atoms with Crippen molar-refractivity contribution in [3.63, 3.8) is 0 Å². The lowest BCUT2D eigenvalue weighted by atomic mass is 9.78. The Hall–Kier alpha value is -2.09. The Morgan fingerprint density at radius 3 is 1.11 bits per heavy atom. The van der Waals surface area contributed by atoms with Crippen LogP contribution >= 0.6 is 0 Å². The molecule has 194 valence electrons. The summed E-state index contributed by atoms with van der Waals surface area (Å²) >= 11 is 0. The quantitative estimate of drug-likeness (QED) is 0.338. The molecule has 2 nitrogen and oxygen atoms in total.